The van der Waals surface area contributed by atoms with Crippen LogP contribution >= 0.6 is 0 Å². The zero-order valence-corrected chi connectivity index (χ0v) is 12.8. The maximum absolute atomic E-state index is 12.6. The molecule has 1 aliphatic rings. The summed E-state index contributed by atoms with van der Waals surface area (Å²) < 4.78 is 28.0. The minimum atomic E-state index is -3.52. The molecule has 20 heavy (non-hydrogen) atoms. The highest BCUT2D eigenvalue weighted by molar-refractivity contribution is 7.90. The number of piperidine rings is 1. The van der Waals surface area contributed by atoms with E-state index in [1.54, 1.807) is 19.2 Å². The van der Waals surface area contributed by atoms with Gasteiger partial charge in [0.1, 0.15) is 0 Å². The van der Waals surface area contributed by atoms with Crippen molar-refractivity contribution in [2.75, 3.05) is 31.0 Å². The van der Waals surface area contributed by atoms with Gasteiger partial charge in [0.05, 0.1) is 5.69 Å². The summed E-state index contributed by atoms with van der Waals surface area (Å²) in [5.74, 6) is 0.0462. The highest BCUT2D eigenvalue weighted by atomic mass is 32.2. The summed E-state index contributed by atoms with van der Waals surface area (Å²) in [6.45, 7) is 2.93. The Bertz CT molecular complexity index is 542. The van der Waals surface area contributed by atoms with Crippen LogP contribution in [0, 0.1) is 12.8 Å². The Balaban J connectivity index is 2.18. The molecule has 5 nitrogen and oxygen atoms in total. The second-order valence-corrected chi connectivity index (χ2v) is 7.32. The number of hydrogen-bond acceptors (Lipinski definition) is 3. The summed E-state index contributed by atoms with van der Waals surface area (Å²) in [6.07, 6.45) is 1.68. The van der Waals surface area contributed by atoms with Crippen LogP contribution in [0.4, 0.5) is 5.69 Å². The lowest BCUT2D eigenvalue weighted by Gasteiger charge is -2.34. The second kappa shape index (κ2) is 6.11. The topological polar surface area (TPSA) is 60.9 Å². The minimum absolute atomic E-state index is 0.0419. The number of rotatable bonds is 4. The van der Waals surface area contributed by atoms with Crippen molar-refractivity contribution < 1.29 is 13.5 Å². The first-order valence-electron chi connectivity index (χ1n) is 6.86. The second-order valence-electron chi connectivity index (χ2n) is 5.36. The predicted molar refractivity (Wildman–Crippen MR) is 79.9 cm³/mol. The van der Waals surface area contributed by atoms with E-state index >= 15 is 0 Å². The first-order chi connectivity index (χ1) is 9.45. The third kappa shape index (κ3) is 3.13. The Morgan fingerprint density at radius 1 is 1.35 bits per heavy atom. The van der Waals surface area contributed by atoms with Crippen molar-refractivity contribution in [3.8, 4) is 0 Å². The molecule has 1 saturated heterocycles. The summed E-state index contributed by atoms with van der Waals surface area (Å²) in [5.41, 5.74) is 1.75. The maximum Gasteiger partial charge on any atom is 0.303 e. The Hall–Kier alpha value is -1.11. The van der Waals surface area contributed by atoms with Crippen molar-refractivity contribution in [3.63, 3.8) is 0 Å². The zero-order chi connectivity index (χ0) is 14.8. The molecule has 1 fully saturated rings. The number of aryl methyl sites for hydroxylation is 1. The normalized spacial score (nSPS) is 20.9. The van der Waals surface area contributed by atoms with Gasteiger partial charge in [-0.15, -0.1) is 0 Å². The first kappa shape index (κ1) is 15.3. The number of nitrogens with zero attached hydrogens (tertiary/aromatic N) is 2. The highest BCUT2D eigenvalue weighted by Gasteiger charge is 2.31. The molecule has 1 heterocycles. The molecule has 0 bridgehead atoms. The molecule has 0 spiro atoms. The summed E-state index contributed by atoms with van der Waals surface area (Å²) in [6, 6.07) is 7.41. The van der Waals surface area contributed by atoms with Gasteiger partial charge in [0, 0.05) is 26.7 Å². The van der Waals surface area contributed by atoms with Crippen molar-refractivity contribution in [1.82, 2.24) is 4.31 Å². The summed E-state index contributed by atoms with van der Waals surface area (Å²) in [5, 5.41) is 9.23. The monoisotopic (exact) mass is 298 g/mol. The largest absolute Gasteiger partial charge is 0.396 e. The summed E-state index contributed by atoms with van der Waals surface area (Å²) in [7, 11) is -1.94. The molecule has 0 aliphatic carbocycles. The molecular weight excluding hydrogens is 276 g/mol. The van der Waals surface area contributed by atoms with Crippen molar-refractivity contribution in [1.29, 1.82) is 0 Å². The number of aliphatic hydroxyl groups is 1. The van der Waals surface area contributed by atoms with Crippen LogP contribution in [0.3, 0.4) is 0 Å². The molecule has 0 amide bonds. The molecular formula is C14H22N2O3S. The number of benzene rings is 1. The van der Waals surface area contributed by atoms with Gasteiger partial charge < -0.3 is 5.11 Å². The first-order valence-corrected chi connectivity index (χ1v) is 8.26. The van der Waals surface area contributed by atoms with Gasteiger partial charge in [0.2, 0.25) is 0 Å². The van der Waals surface area contributed by atoms with E-state index in [0.717, 1.165) is 18.4 Å². The van der Waals surface area contributed by atoms with Crippen LogP contribution in [0.2, 0.25) is 0 Å². The Morgan fingerprint density at radius 2 is 2.00 bits per heavy atom. The fourth-order valence-electron chi connectivity index (χ4n) is 2.45. The van der Waals surface area contributed by atoms with Gasteiger partial charge in [-0.3, -0.25) is 4.31 Å². The van der Waals surface area contributed by atoms with Crippen molar-refractivity contribution in [3.05, 3.63) is 29.8 Å². The van der Waals surface area contributed by atoms with Crippen molar-refractivity contribution in [2.24, 2.45) is 5.92 Å². The van der Waals surface area contributed by atoms with Crippen LogP contribution in [0.1, 0.15) is 18.4 Å². The van der Waals surface area contributed by atoms with E-state index in [0.29, 0.717) is 18.8 Å². The van der Waals surface area contributed by atoms with Crippen LogP contribution in [-0.2, 0) is 10.2 Å². The average Bonchev–Trinajstić information content (AvgIpc) is 2.47. The van der Waals surface area contributed by atoms with Crippen LogP contribution in [0.25, 0.3) is 0 Å². The molecule has 1 atom stereocenters. The number of hydrogen-bond donors (Lipinski definition) is 1. The van der Waals surface area contributed by atoms with Gasteiger partial charge in [-0.2, -0.15) is 12.7 Å². The van der Waals surface area contributed by atoms with Crippen LogP contribution in [0.5, 0.6) is 0 Å². The SMILES string of the molecule is Cc1ccc(N(C)S(=O)(=O)N2CCCC(CO)C2)cc1. The molecule has 0 aromatic heterocycles. The fourth-order valence-corrected chi connectivity index (χ4v) is 3.94. The molecule has 1 aromatic carbocycles. The van der Waals surface area contributed by atoms with Gasteiger partial charge in [-0.05, 0) is 37.8 Å². The van der Waals surface area contributed by atoms with E-state index in [4.69, 9.17) is 0 Å². The molecule has 1 unspecified atom stereocenters. The molecule has 112 valence electrons. The summed E-state index contributed by atoms with van der Waals surface area (Å²) in [4.78, 5) is 0. The van der Waals surface area contributed by atoms with Crippen LogP contribution in [-0.4, -0.2) is 44.6 Å². The molecule has 0 saturated carbocycles. The van der Waals surface area contributed by atoms with Gasteiger partial charge in [0.25, 0.3) is 0 Å². The van der Waals surface area contributed by atoms with Crippen LogP contribution < -0.4 is 4.31 Å². The van der Waals surface area contributed by atoms with Gasteiger partial charge in [-0.25, -0.2) is 0 Å². The lowest BCUT2D eigenvalue weighted by Crippen LogP contribution is -2.47. The van der Waals surface area contributed by atoms with E-state index in [-0.39, 0.29) is 12.5 Å². The van der Waals surface area contributed by atoms with E-state index in [1.165, 1.54) is 8.61 Å². The van der Waals surface area contributed by atoms with Crippen molar-refractivity contribution >= 4 is 15.9 Å². The van der Waals surface area contributed by atoms with E-state index < -0.39 is 10.2 Å². The molecule has 2 rings (SSSR count). The Morgan fingerprint density at radius 3 is 2.60 bits per heavy atom. The molecule has 0 radical (unpaired) electrons. The number of aliphatic hydroxyl groups excluding tert-OH is 1. The van der Waals surface area contributed by atoms with Gasteiger partial charge in [0.15, 0.2) is 0 Å². The predicted octanol–water partition coefficient (Wildman–Crippen LogP) is 1.38. The van der Waals surface area contributed by atoms with Gasteiger partial charge in [-0.1, -0.05) is 17.7 Å². The maximum atomic E-state index is 12.6. The minimum Gasteiger partial charge on any atom is -0.396 e. The number of anilines is 1. The molecule has 1 aliphatic heterocycles. The van der Waals surface area contributed by atoms with Crippen LogP contribution in [0.15, 0.2) is 24.3 Å². The van der Waals surface area contributed by atoms with E-state index in [1.807, 2.05) is 19.1 Å². The molecule has 1 aromatic rings. The van der Waals surface area contributed by atoms with E-state index in [2.05, 4.69) is 0 Å². The standard InChI is InChI=1S/C14H22N2O3S/c1-12-5-7-14(8-6-12)15(2)20(18,19)16-9-3-4-13(10-16)11-17/h5-8,13,17H,3-4,9-11H2,1-2H3. The quantitative estimate of drug-likeness (QED) is 0.913. The Labute approximate surface area is 121 Å². The average molecular weight is 298 g/mol. The Kier molecular flexibility index (Phi) is 4.67. The van der Waals surface area contributed by atoms with E-state index in [9.17, 15) is 13.5 Å². The fraction of sp³-hybridized carbons (Fsp3) is 0.571. The third-order valence-electron chi connectivity index (χ3n) is 3.81. The molecule has 6 heteroatoms. The summed E-state index contributed by atoms with van der Waals surface area (Å²) >= 11 is 0. The molecule has 1 N–H and O–H groups in total. The van der Waals surface area contributed by atoms with Crippen molar-refractivity contribution in [2.45, 2.75) is 19.8 Å². The lowest BCUT2D eigenvalue weighted by molar-refractivity contribution is 0.165. The van der Waals surface area contributed by atoms with Gasteiger partial charge >= 0.3 is 10.2 Å². The lowest BCUT2D eigenvalue weighted by atomic mass is 10.0. The third-order valence-corrected chi connectivity index (χ3v) is 5.70. The smallest absolute Gasteiger partial charge is 0.303 e. The zero-order valence-electron chi connectivity index (χ0n) is 12.0. The highest BCUT2D eigenvalue weighted by Crippen LogP contribution is 2.24.